The first-order chi connectivity index (χ1) is 6.70. The van der Waals surface area contributed by atoms with Gasteiger partial charge in [-0.15, -0.1) is 0 Å². The lowest BCUT2D eigenvalue weighted by molar-refractivity contribution is -0.141. The zero-order valence-electron chi connectivity index (χ0n) is 8.07. The highest BCUT2D eigenvalue weighted by atomic mass is 19.1. The highest BCUT2D eigenvalue weighted by Crippen LogP contribution is 2.20. The minimum absolute atomic E-state index is 0.130. The van der Waals surface area contributed by atoms with E-state index < -0.39 is 6.17 Å². The van der Waals surface area contributed by atoms with E-state index in [0.29, 0.717) is 5.56 Å². The van der Waals surface area contributed by atoms with Crippen molar-refractivity contribution in [3.63, 3.8) is 0 Å². The summed E-state index contributed by atoms with van der Waals surface area (Å²) in [5, 5.41) is 0. The van der Waals surface area contributed by atoms with Gasteiger partial charge in [-0.3, -0.25) is 4.79 Å². The summed E-state index contributed by atoms with van der Waals surface area (Å²) in [7, 11) is 0. The summed E-state index contributed by atoms with van der Waals surface area (Å²) in [4.78, 5) is 10.4. The number of carbonyl (C=O) groups excluding carboxylic acids is 1. The van der Waals surface area contributed by atoms with Gasteiger partial charge in [0.1, 0.15) is 6.17 Å². The summed E-state index contributed by atoms with van der Waals surface area (Å²) < 4.78 is 18.0. The third kappa shape index (κ3) is 3.56. The van der Waals surface area contributed by atoms with Crippen molar-refractivity contribution in [2.24, 2.45) is 0 Å². The third-order valence-corrected chi connectivity index (χ3v) is 1.84. The molecule has 0 saturated heterocycles. The number of carbonyl (C=O) groups is 1. The molecule has 0 aliphatic heterocycles. The molecule has 0 bridgehead atoms. The van der Waals surface area contributed by atoms with Gasteiger partial charge in [-0.25, -0.2) is 4.39 Å². The molecular formula is C11H13FO2. The highest BCUT2D eigenvalue weighted by Gasteiger charge is 2.09. The molecule has 1 atom stereocenters. The molecule has 1 aromatic carbocycles. The molecule has 76 valence electrons. The van der Waals surface area contributed by atoms with Crippen molar-refractivity contribution >= 4 is 5.97 Å². The second-order valence-corrected chi connectivity index (χ2v) is 3.01. The molecule has 3 heteroatoms. The van der Waals surface area contributed by atoms with Gasteiger partial charge in [0.15, 0.2) is 0 Å². The van der Waals surface area contributed by atoms with E-state index in [1.807, 2.05) is 6.07 Å². The molecule has 0 aromatic heterocycles. The molecule has 1 aromatic rings. The highest BCUT2D eigenvalue weighted by molar-refractivity contribution is 5.65. The van der Waals surface area contributed by atoms with Crippen molar-refractivity contribution in [1.82, 2.24) is 0 Å². The third-order valence-electron chi connectivity index (χ3n) is 1.84. The molecule has 0 heterocycles. The van der Waals surface area contributed by atoms with Gasteiger partial charge in [-0.05, 0) is 5.56 Å². The average Bonchev–Trinajstić information content (AvgIpc) is 2.18. The molecule has 1 unspecified atom stereocenters. The van der Waals surface area contributed by atoms with E-state index in [0.717, 1.165) is 0 Å². The van der Waals surface area contributed by atoms with Gasteiger partial charge < -0.3 is 4.74 Å². The molecule has 0 amide bonds. The van der Waals surface area contributed by atoms with Crippen LogP contribution in [0.15, 0.2) is 30.3 Å². The topological polar surface area (TPSA) is 26.3 Å². The number of halogens is 1. The fourth-order valence-corrected chi connectivity index (χ4v) is 1.13. The molecule has 0 aliphatic carbocycles. The van der Waals surface area contributed by atoms with Crippen LogP contribution in [0, 0.1) is 0 Å². The fourth-order valence-electron chi connectivity index (χ4n) is 1.13. The van der Waals surface area contributed by atoms with E-state index in [4.69, 9.17) is 0 Å². The molecular weight excluding hydrogens is 183 g/mol. The predicted octanol–water partition coefficient (Wildman–Crippen LogP) is 2.65. The Bertz CT molecular complexity index is 285. The maximum atomic E-state index is 13.4. The molecule has 0 N–H and O–H groups in total. The van der Waals surface area contributed by atoms with Crippen LogP contribution in [0.3, 0.4) is 0 Å². The maximum absolute atomic E-state index is 13.4. The van der Waals surface area contributed by atoms with Crippen molar-refractivity contribution < 1.29 is 13.9 Å². The van der Waals surface area contributed by atoms with Crippen LogP contribution in [-0.2, 0) is 9.53 Å². The van der Waals surface area contributed by atoms with Gasteiger partial charge in [0.2, 0.25) is 0 Å². The SMILES string of the molecule is CC(=O)OCCC(F)c1ccccc1. The van der Waals surface area contributed by atoms with Crippen LogP contribution < -0.4 is 0 Å². The predicted molar refractivity (Wildman–Crippen MR) is 51.5 cm³/mol. The van der Waals surface area contributed by atoms with E-state index >= 15 is 0 Å². The van der Waals surface area contributed by atoms with Crippen molar-refractivity contribution in [1.29, 1.82) is 0 Å². The number of esters is 1. The first-order valence-corrected chi connectivity index (χ1v) is 4.52. The van der Waals surface area contributed by atoms with Crippen LogP contribution in [0.25, 0.3) is 0 Å². The quantitative estimate of drug-likeness (QED) is 0.692. The van der Waals surface area contributed by atoms with Crippen LogP contribution >= 0.6 is 0 Å². The summed E-state index contributed by atoms with van der Waals surface area (Å²) >= 11 is 0. The van der Waals surface area contributed by atoms with Crippen molar-refractivity contribution in [2.45, 2.75) is 19.5 Å². The summed E-state index contributed by atoms with van der Waals surface area (Å²) in [6, 6.07) is 8.85. The summed E-state index contributed by atoms with van der Waals surface area (Å²) in [6.07, 6.45) is -0.848. The Balaban J connectivity index is 2.36. The lowest BCUT2D eigenvalue weighted by atomic mass is 10.1. The molecule has 0 spiro atoms. The normalized spacial score (nSPS) is 12.1. The average molecular weight is 196 g/mol. The Morgan fingerprint density at radius 1 is 1.43 bits per heavy atom. The number of hydrogen-bond acceptors (Lipinski definition) is 2. The van der Waals surface area contributed by atoms with E-state index in [9.17, 15) is 9.18 Å². The fraction of sp³-hybridized carbons (Fsp3) is 0.364. The van der Waals surface area contributed by atoms with Crippen LogP contribution in [0.2, 0.25) is 0 Å². The standard InChI is InChI=1S/C11H13FO2/c1-9(13)14-8-7-11(12)10-5-3-2-4-6-10/h2-6,11H,7-8H2,1H3. The second kappa shape index (κ2) is 5.37. The van der Waals surface area contributed by atoms with Crippen molar-refractivity contribution in [3.8, 4) is 0 Å². The Morgan fingerprint density at radius 2 is 2.07 bits per heavy atom. The van der Waals surface area contributed by atoms with Gasteiger partial charge in [0, 0.05) is 13.3 Å². The lowest BCUT2D eigenvalue weighted by Gasteiger charge is -2.07. The van der Waals surface area contributed by atoms with Crippen LogP contribution in [-0.4, -0.2) is 12.6 Å². The first kappa shape index (κ1) is 10.7. The van der Waals surface area contributed by atoms with Crippen LogP contribution in [0.1, 0.15) is 25.1 Å². The number of hydrogen-bond donors (Lipinski definition) is 0. The second-order valence-electron chi connectivity index (χ2n) is 3.01. The van der Waals surface area contributed by atoms with Gasteiger partial charge in [-0.2, -0.15) is 0 Å². The van der Waals surface area contributed by atoms with Gasteiger partial charge in [0.05, 0.1) is 6.61 Å². The van der Waals surface area contributed by atoms with Gasteiger partial charge >= 0.3 is 5.97 Å². The summed E-state index contributed by atoms with van der Waals surface area (Å²) in [5.41, 5.74) is 0.625. The van der Waals surface area contributed by atoms with Crippen LogP contribution in [0.5, 0.6) is 0 Å². The molecule has 0 radical (unpaired) electrons. The van der Waals surface area contributed by atoms with Gasteiger partial charge in [0.25, 0.3) is 0 Å². The lowest BCUT2D eigenvalue weighted by Crippen LogP contribution is -2.03. The Kier molecular flexibility index (Phi) is 4.11. The van der Waals surface area contributed by atoms with Gasteiger partial charge in [-0.1, -0.05) is 30.3 Å². The monoisotopic (exact) mass is 196 g/mol. The zero-order valence-corrected chi connectivity index (χ0v) is 8.07. The molecule has 2 nitrogen and oxygen atoms in total. The summed E-state index contributed by atoms with van der Waals surface area (Å²) in [6.45, 7) is 1.45. The number of benzene rings is 1. The smallest absolute Gasteiger partial charge is 0.302 e. The van der Waals surface area contributed by atoms with E-state index in [1.165, 1.54) is 6.92 Å². The Hall–Kier alpha value is -1.38. The molecule has 14 heavy (non-hydrogen) atoms. The summed E-state index contributed by atoms with van der Waals surface area (Å²) in [5.74, 6) is -0.370. The molecule has 0 saturated carbocycles. The first-order valence-electron chi connectivity index (χ1n) is 4.52. The van der Waals surface area contributed by atoms with Crippen LogP contribution in [0.4, 0.5) is 4.39 Å². The number of rotatable bonds is 4. The zero-order chi connectivity index (χ0) is 10.4. The van der Waals surface area contributed by atoms with E-state index in [1.54, 1.807) is 24.3 Å². The number of alkyl halides is 1. The minimum atomic E-state index is -1.06. The van der Waals surface area contributed by atoms with Crippen molar-refractivity contribution in [3.05, 3.63) is 35.9 Å². The molecule has 0 fully saturated rings. The number of ether oxygens (including phenoxy) is 1. The van der Waals surface area contributed by atoms with E-state index in [2.05, 4.69) is 4.74 Å². The molecule has 1 rings (SSSR count). The molecule has 0 aliphatic rings. The van der Waals surface area contributed by atoms with Crippen molar-refractivity contribution in [2.75, 3.05) is 6.61 Å². The van der Waals surface area contributed by atoms with E-state index in [-0.39, 0.29) is 19.0 Å². The maximum Gasteiger partial charge on any atom is 0.302 e. The Morgan fingerprint density at radius 3 is 2.64 bits per heavy atom. The minimum Gasteiger partial charge on any atom is -0.466 e. The Labute approximate surface area is 82.7 Å². The largest absolute Gasteiger partial charge is 0.466 e.